The molecule has 0 fully saturated rings. The number of nitrogens with zero attached hydrogens (tertiary/aromatic N) is 2. The van der Waals surface area contributed by atoms with Gasteiger partial charge in [-0.05, 0) is 74.5 Å². The second-order valence-electron chi connectivity index (χ2n) is 10.0. The molecule has 3 nitrogen and oxygen atoms in total. The highest BCUT2D eigenvalue weighted by Gasteiger charge is 2.20. The van der Waals surface area contributed by atoms with Crippen molar-refractivity contribution >= 4 is 60.8 Å². The van der Waals surface area contributed by atoms with E-state index in [1.54, 1.807) is 0 Å². The fraction of sp³-hybridized carbons (Fsp3) is 0. The van der Waals surface area contributed by atoms with Crippen molar-refractivity contribution < 1.29 is 4.42 Å². The average Bonchev–Trinajstić information content (AvgIpc) is 3.46. The lowest BCUT2D eigenvalue weighted by Gasteiger charge is -2.21. The predicted octanol–water partition coefficient (Wildman–Crippen LogP) is 10.4. The highest BCUT2D eigenvalue weighted by Crippen LogP contribution is 2.40. The molecule has 188 valence electrons. The van der Waals surface area contributed by atoms with Crippen LogP contribution in [-0.2, 0) is 0 Å². The molecule has 0 amide bonds. The zero-order chi connectivity index (χ0) is 26.5. The maximum Gasteiger partial charge on any atom is 0.307 e. The molecule has 0 saturated carbocycles. The summed E-state index contributed by atoms with van der Waals surface area (Å²) in [6.07, 6.45) is 0. The van der Waals surface area contributed by atoms with Crippen molar-refractivity contribution in [1.29, 1.82) is 0 Å². The molecular weight excluding hydrogens is 488 g/mol. The number of oxazole rings is 1. The maximum atomic E-state index is 6.49. The Labute approximate surface area is 231 Å². The quantitative estimate of drug-likeness (QED) is 0.220. The van der Waals surface area contributed by atoms with E-state index in [-0.39, 0.29) is 0 Å². The van der Waals surface area contributed by atoms with E-state index in [2.05, 4.69) is 114 Å². The van der Waals surface area contributed by atoms with Crippen molar-refractivity contribution in [3.05, 3.63) is 146 Å². The van der Waals surface area contributed by atoms with Crippen LogP contribution in [0.25, 0.3) is 54.5 Å². The Balaban J connectivity index is 1.28. The molecule has 7 aromatic carbocycles. The van der Waals surface area contributed by atoms with E-state index < -0.39 is 0 Å². The van der Waals surface area contributed by atoms with Crippen LogP contribution in [0.15, 0.2) is 150 Å². The maximum absolute atomic E-state index is 6.49. The molecule has 0 radical (unpaired) electrons. The van der Waals surface area contributed by atoms with Crippen molar-refractivity contribution in [3.8, 4) is 11.1 Å². The molecule has 0 aliphatic carbocycles. The minimum Gasteiger partial charge on any atom is -0.422 e. The minimum atomic E-state index is 0.543. The predicted molar refractivity (Wildman–Crippen MR) is 167 cm³/mol. The SMILES string of the molecule is c1ccc(N(c2ccc(-c3cc4ccccc4c4ccccc34)cc2)c2nc3ccc4ccccc4c3o2)cc1. The Morgan fingerprint density at radius 2 is 1.10 bits per heavy atom. The molecule has 8 rings (SSSR count). The number of hydrogen-bond donors (Lipinski definition) is 0. The zero-order valence-corrected chi connectivity index (χ0v) is 21.7. The van der Waals surface area contributed by atoms with Gasteiger partial charge < -0.3 is 4.42 Å². The first-order chi connectivity index (χ1) is 19.8. The molecule has 0 N–H and O–H groups in total. The molecule has 3 heteroatoms. The lowest BCUT2D eigenvalue weighted by atomic mass is 9.93. The second kappa shape index (κ2) is 9.11. The first kappa shape index (κ1) is 22.6. The Morgan fingerprint density at radius 3 is 1.90 bits per heavy atom. The van der Waals surface area contributed by atoms with Crippen molar-refractivity contribution in [2.45, 2.75) is 0 Å². The Kier molecular flexibility index (Phi) is 5.14. The van der Waals surface area contributed by atoms with E-state index in [0.29, 0.717) is 6.01 Å². The summed E-state index contributed by atoms with van der Waals surface area (Å²) in [5, 5.41) is 7.23. The van der Waals surface area contributed by atoms with Crippen molar-refractivity contribution in [3.63, 3.8) is 0 Å². The third-order valence-electron chi connectivity index (χ3n) is 7.68. The van der Waals surface area contributed by atoms with Gasteiger partial charge >= 0.3 is 6.01 Å². The minimum absolute atomic E-state index is 0.543. The fourth-order valence-corrected chi connectivity index (χ4v) is 5.77. The fourth-order valence-electron chi connectivity index (χ4n) is 5.77. The van der Waals surface area contributed by atoms with Gasteiger partial charge in [0.15, 0.2) is 5.58 Å². The molecule has 40 heavy (non-hydrogen) atoms. The van der Waals surface area contributed by atoms with Crippen LogP contribution in [0.1, 0.15) is 0 Å². The molecule has 0 atom stereocenters. The molecule has 0 bridgehead atoms. The molecule has 1 aromatic heterocycles. The van der Waals surface area contributed by atoms with E-state index in [1.165, 1.54) is 32.7 Å². The lowest BCUT2D eigenvalue weighted by molar-refractivity contribution is 0.611. The monoisotopic (exact) mass is 512 g/mol. The number of rotatable bonds is 4. The van der Waals surface area contributed by atoms with Crippen LogP contribution in [-0.4, -0.2) is 4.98 Å². The molecule has 0 aliphatic rings. The van der Waals surface area contributed by atoms with Crippen molar-refractivity contribution in [2.24, 2.45) is 0 Å². The Morgan fingerprint density at radius 1 is 0.475 bits per heavy atom. The van der Waals surface area contributed by atoms with Crippen LogP contribution in [0.3, 0.4) is 0 Å². The van der Waals surface area contributed by atoms with Gasteiger partial charge in [0.2, 0.25) is 0 Å². The highest BCUT2D eigenvalue weighted by molar-refractivity contribution is 6.13. The highest BCUT2D eigenvalue weighted by atomic mass is 16.4. The van der Waals surface area contributed by atoms with Gasteiger partial charge in [0.1, 0.15) is 5.52 Å². The van der Waals surface area contributed by atoms with Crippen molar-refractivity contribution in [2.75, 3.05) is 4.90 Å². The summed E-state index contributed by atoms with van der Waals surface area (Å²) < 4.78 is 6.49. The third-order valence-corrected chi connectivity index (χ3v) is 7.68. The number of aromatic nitrogens is 1. The van der Waals surface area contributed by atoms with Gasteiger partial charge in [0, 0.05) is 5.39 Å². The summed E-state index contributed by atoms with van der Waals surface area (Å²) in [7, 11) is 0. The largest absolute Gasteiger partial charge is 0.422 e. The first-order valence-corrected chi connectivity index (χ1v) is 13.5. The number of benzene rings is 7. The second-order valence-corrected chi connectivity index (χ2v) is 10.0. The molecule has 8 aromatic rings. The molecule has 0 aliphatic heterocycles. The Hall–Kier alpha value is -5.41. The van der Waals surface area contributed by atoms with Gasteiger partial charge in [0.05, 0.1) is 11.4 Å². The molecule has 0 unspecified atom stereocenters. The standard InChI is InChI=1S/C37H24N2O/c1-2-12-28(13-3-1)39(37-38-35-23-20-25-10-4-7-15-31(25)36(35)40-37)29-21-18-26(19-22-29)34-24-27-11-5-6-14-30(27)32-16-8-9-17-33(32)34/h1-24H. The average molecular weight is 513 g/mol. The van der Waals surface area contributed by atoms with E-state index in [9.17, 15) is 0 Å². The normalized spacial score (nSPS) is 11.5. The molecule has 0 spiro atoms. The zero-order valence-electron chi connectivity index (χ0n) is 21.7. The van der Waals surface area contributed by atoms with Crippen LogP contribution in [0.4, 0.5) is 17.4 Å². The number of hydrogen-bond acceptors (Lipinski definition) is 3. The summed E-state index contributed by atoms with van der Waals surface area (Å²) in [6, 6.07) is 51.4. The van der Waals surface area contributed by atoms with E-state index in [0.717, 1.165) is 33.2 Å². The summed E-state index contributed by atoms with van der Waals surface area (Å²) in [5.74, 6) is 0. The van der Waals surface area contributed by atoms with E-state index >= 15 is 0 Å². The third kappa shape index (κ3) is 3.63. The van der Waals surface area contributed by atoms with Gasteiger partial charge in [-0.1, -0.05) is 109 Å². The van der Waals surface area contributed by atoms with Crippen LogP contribution >= 0.6 is 0 Å². The van der Waals surface area contributed by atoms with Gasteiger partial charge in [-0.25, -0.2) is 0 Å². The summed E-state index contributed by atoms with van der Waals surface area (Å²) >= 11 is 0. The summed E-state index contributed by atoms with van der Waals surface area (Å²) in [4.78, 5) is 7.01. The van der Waals surface area contributed by atoms with Gasteiger partial charge in [-0.2, -0.15) is 4.98 Å². The van der Waals surface area contributed by atoms with Crippen LogP contribution in [0, 0.1) is 0 Å². The number of para-hydroxylation sites is 1. The molecular formula is C37H24N2O. The number of fused-ring (bicyclic) bond motifs is 6. The van der Waals surface area contributed by atoms with Crippen LogP contribution in [0.5, 0.6) is 0 Å². The van der Waals surface area contributed by atoms with Crippen LogP contribution < -0.4 is 4.90 Å². The summed E-state index contributed by atoms with van der Waals surface area (Å²) in [6.45, 7) is 0. The summed E-state index contributed by atoms with van der Waals surface area (Å²) in [5.41, 5.74) is 6.00. The topological polar surface area (TPSA) is 29.3 Å². The van der Waals surface area contributed by atoms with E-state index in [4.69, 9.17) is 9.40 Å². The first-order valence-electron chi connectivity index (χ1n) is 13.5. The van der Waals surface area contributed by atoms with Crippen LogP contribution in [0.2, 0.25) is 0 Å². The Bertz CT molecular complexity index is 2160. The lowest BCUT2D eigenvalue weighted by Crippen LogP contribution is -2.10. The number of anilines is 3. The smallest absolute Gasteiger partial charge is 0.307 e. The van der Waals surface area contributed by atoms with Crippen molar-refractivity contribution in [1.82, 2.24) is 4.98 Å². The molecule has 0 saturated heterocycles. The molecule has 1 heterocycles. The van der Waals surface area contributed by atoms with E-state index in [1.807, 2.05) is 36.4 Å². The van der Waals surface area contributed by atoms with Gasteiger partial charge in [-0.15, -0.1) is 0 Å². The van der Waals surface area contributed by atoms with Gasteiger partial charge in [-0.3, -0.25) is 4.90 Å². The van der Waals surface area contributed by atoms with Gasteiger partial charge in [0.25, 0.3) is 0 Å².